The van der Waals surface area contributed by atoms with Crippen LogP contribution in [0, 0.1) is 11.2 Å². The average molecular weight is 505 g/mol. The fourth-order valence-electron chi connectivity index (χ4n) is 6.52. The van der Waals surface area contributed by atoms with Gasteiger partial charge in [0.2, 0.25) is 5.91 Å². The molecule has 1 saturated carbocycles. The van der Waals surface area contributed by atoms with E-state index in [4.69, 9.17) is 27.9 Å². The lowest BCUT2D eigenvalue weighted by Gasteiger charge is -2.50. The van der Waals surface area contributed by atoms with E-state index in [1.54, 1.807) is 24.3 Å². The molecule has 0 aromatic heterocycles. The molecule has 8 heteroatoms. The second-order valence-corrected chi connectivity index (χ2v) is 11.3. The largest absolute Gasteiger partial charge is 0.468 e. The van der Waals surface area contributed by atoms with Crippen LogP contribution in [-0.2, 0) is 19.7 Å². The lowest BCUT2D eigenvalue weighted by molar-refractivity contribution is -0.143. The number of benzene rings is 2. The van der Waals surface area contributed by atoms with E-state index >= 15 is 4.39 Å². The topological polar surface area (TPSA) is 67.4 Å². The maximum absolute atomic E-state index is 15.6. The molecule has 5 nitrogen and oxygen atoms in total. The number of carbonyl (C=O) groups is 2. The van der Waals surface area contributed by atoms with Crippen LogP contribution in [0.1, 0.15) is 56.6 Å². The van der Waals surface area contributed by atoms with Crippen LogP contribution in [0.2, 0.25) is 10.0 Å². The van der Waals surface area contributed by atoms with Crippen molar-refractivity contribution in [1.29, 1.82) is 0 Å². The summed E-state index contributed by atoms with van der Waals surface area (Å²) >= 11 is 12.5. The van der Waals surface area contributed by atoms with Crippen LogP contribution >= 0.6 is 23.2 Å². The molecule has 3 atom stereocenters. The molecule has 2 heterocycles. The number of hydrogen-bond donors (Lipinski definition) is 2. The molecule has 180 valence electrons. The lowest BCUT2D eigenvalue weighted by Crippen LogP contribution is -2.61. The Labute approximate surface area is 208 Å². The van der Waals surface area contributed by atoms with Crippen LogP contribution in [-0.4, -0.2) is 30.6 Å². The van der Waals surface area contributed by atoms with Gasteiger partial charge in [-0.25, -0.2) is 4.39 Å². The number of esters is 1. The molecule has 2 aromatic rings. The van der Waals surface area contributed by atoms with Crippen LogP contribution < -0.4 is 10.6 Å². The highest BCUT2D eigenvalue weighted by atomic mass is 35.5. The van der Waals surface area contributed by atoms with E-state index in [0.29, 0.717) is 29.1 Å². The third-order valence-corrected chi connectivity index (χ3v) is 8.76. The van der Waals surface area contributed by atoms with Crippen molar-refractivity contribution in [2.75, 3.05) is 12.4 Å². The summed E-state index contributed by atoms with van der Waals surface area (Å²) in [6, 6.07) is 9.05. The van der Waals surface area contributed by atoms with Gasteiger partial charge in [0.1, 0.15) is 17.3 Å². The van der Waals surface area contributed by atoms with Crippen molar-refractivity contribution in [2.45, 2.75) is 62.4 Å². The first kappa shape index (κ1) is 23.6. The highest BCUT2D eigenvalue weighted by Crippen LogP contribution is 2.64. The third kappa shape index (κ3) is 3.15. The molecule has 34 heavy (non-hydrogen) atoms. The van der Waals surface area contributed by atoms with Gasteiger partial charge in [0.05, 0.1) is 12.1 Å². The molecule has 0 bridgehead atoms. The number of rotatable bonds is 2. The summed E-state index contributed by atoms with van der Waals surface area (Å²) < 4.78 is 20.8. The molecule has 2 aliphatic heterocycles. The van der Waals surface area contributed by atoms with E-state index in [9.17, 15) is 9.59 Å². The lowest BCUT2D eigenvalue weighted by atomic mass is 9.53. The van der Waals surface area contributed by atoms with Crippen molar-refractivity contribution in [3.8, 4) is 0 Å². The van der Waals surface area contributed by atoms with Crippen LogP contribution in [0.15, 0.2) is 36.4 Å². The summed E-state index contributed by atoms with van der Waals surface area (Å²) in [6.45, 7) is 4.41. The average Bonchev–Trinajstić information content (AvgIpc) is 3.25. The SMILES string of the molecule is COC(=O)[C@@H]1NC2(CCC(C)(C)CC2)[C@@]2(C(=O)Nc3cc(Cl)ccc32)[C@H]1c1cccc(Cl)c1F. The number of halogens is 3. The van der Waals surface area contributed by atoms with Gasteiger partial charge < -0.3 is 10.1 Å². The molecule has 2 aromatic carbocycles. The molecule has 0 radical (unpaired) electrons. The first-order valence-corrected chi connectivity index (χ1v) is 12.2. The minimum absolute atomic E-state index is 0.0586. The normalized spacial score (nSPS) is 28.7. The van der Waals surface area contributed by atoms with Gasteiger partial charge in [-0.15, -0.1) is 0 Å². The Morgan fingerprint density at radius 3 is 2.50 bits per heavy atom. The number of anilines is 1. The zero-order valence-electron chi connectivity index (χ0n) is 19.3. The van der Waals surface area contributed by atoms with Gasteiger partial charge in [0, 0.05) is 22.2 Å². The van der Waals surface area contributed by atoms with Gasteiger partial charge in [0.25, 0.3) is 0 Å². The van der Waals surface area contributed by atoms with Gasteiger partial charge in [0.15, 0.2) is 0 Å². The third-order valence-electron chi connectivity index (χ3n) is 8.23. The van der Waals surface area contributed by atoms with Crippen molar-refractivity contribution in [2.24, 2.45) is 5.41 Å². The molecule has 1 saturated heterocycles. The zero-order chi connectivity index (χ0) is 24.5. The number of ether oxygens (including phenoxy) is 1. The second-order valence-electron chi connectivity index (χ2n) is 10.5. The van der Waals surface area contributed by atoms with Gasteiger partial charge in [-0.1, -0.05) is 55.2 Å². The van der Waals surface area contributed by atoms with Crippen LogP contribution in [0.25, 0.3) is 0 Å². The number of methoxy groups -OCH3 is 1. The monoisotopic (exact) mass is 504 g/mol. The van der Waals surface area contributed by atoms with Crippen molar-refractivity contribution >= 4 is 40.8 Å². The van der Waals surface area contributed by atoms with E-state index in [2.05, 4.69) is 24.5 Å². The highest BCUT2D eigenvalue weighted by Gasteiger charge is 2.73. The first-order valence-electron chi connectivity index (χ1n) is 11.5. The van der Waals surface area contributed by atoms with E-state index in [1.165, 1.54) is 13.2 Å². The summed E-state index contributed by atoms with van der Waals surface area (Å²) in [7, 11) is 1.31. The fraction of sp³-hybridized carbons (Fsp3) is 0.462. The second kappa shape index (κ2) is 7.94. The summed E-state index contributed by atoms with van der Waals surface area (Å²) in [4.78, 5) is 27.3. The van der Waals surface area contributed by atoms with Gasteiger partial charge in [-0.3, -0.25) is 14.9 Å². The number of fused-ring (bicyclic) bond motifs is 3. The van der Waals surface area contributed by atoms with Crippen LogP contribution in [0.4, 0.5) is 10.1 Å². The maximum Gasteiger partial charge on any atom is 0.323 e. The number of hydrogen-bond acceptors (Lipinski definition) is 4. The number of amides is 1. The molecule has 1 amide bonds. The quantitative estimate of drug-likeness (QED) is 0.523. The molecule has 5 rings (SSSR count). The molecular weight excluding hydrogens is 478 g/mol. The molecule has 2 spiro atoms. The Morgan fingerprint density at radius 2 is 1.82 bits per heavy atom. The standard InChI is InChI=1S/C26H27Cl2FN2O3/c1-24(2)9-11-25(12-10-24)26(16-8-7-14(27)13-18(16)30-23(26)33)19(21(31-25)22(32)34-3)15-5-4-6-17(28)20(15)29/h4-8,13,19,21,31H,9-12H2,1-3H3,(H,30,33)/t19-,21+,26+/m0/s1. The highest BCUT2D eigenvalue weighted by molar-refractivity contribution is 6.31. The molecule has 2 N–H and O–H groups in total. The molecule has 1 aliphatic carbocycles. The fourth-order valence-corrected chi connectivity index (χ4v) is 6.87. The number of carbonyl (C=O) groups excluding carboxylic acids is 2. The van der Waals surface area contributed by atoms with Gasteiger partial charge >= 0.3 is 5.97 Å². The van der Waals surface area contributed by atoms with E-state index in [-0.39, 0.29) is 21.9 Å². The first-order chi connectivity index (χ1) is 16.1. The minimum atomic E-state index is -1.26. The Morgan fingerprint density at radius 1 is 1.12 bits per heavy atom. The minimum Gasteiger partial charge on any atom is -0.468 e. The van der Waals surface area contributed by atoms with Crippen molar-refractivity contribution < 1.29 is 18.7 Å². The molecule has 3 aliphatic rings. The van der Waals surface area contributed by atoms with E-state index < -0.39 is 34.7 Å². The summed E-state index contributed by atoms with van der Waals surface area (Å²) in [5.41, 5.74) is -0.439. The Balaban J connectivity index is 1.83. The molecule has 2 fully saturated rings. The number of nitrogens with one attached hydrogen (secondary N) is 2. The summed E-state index contributed by atoms with van der Waals surface area (Å²) in [5, 5.41) is 6.96. The maximum atomic E-state index is 15.6. The molecule has 0 unspecified atom stereocenters. The van der Waals surface area contributed by atoms with Gasteiger partial charge in [-0.05, 0) is 60.4 Å². The summed E-state index contributed by atoms with van der Waals surface area (Å²) in [6.07, 6.45) is 2.97. The van der Waals surface area contributed by atoms with E-state index in [1.807, 2.05) is 6.07 Å². The van der Waals surface area contributed by atoms with Crippen molar-refractivity contribution in [1.82, 2.24) is 5.32 Å². The van der Waals surface area contributed by atoms with Crippen LogP contribution in [0.5, 0.6) is 0 Å². The Hall–Kier alpha value is -2.15. The summed E-state index contributed by atoms with van der Waals surface area (Å²) in [5.74, 6) is -2.32. The Bertz CT molecular complexity index is 1190. The van der Waals surface area contributed by atoms with Gasteiger partial charge in [-0.2, -0.15) is 0 Å². The van der Waals surface area contributed by atoms with Crippen molar-refractivity contribution in [3.63, 3.8) is 0 Å². The predicted octanol–water partition coefficient (Wildman–Crippen LogP) is 5.59. The zero-order valence-corrected chi connectivity index (χ0v) is 20.8. The molecular formula is C26H27Cl2FN2O3. The van der Waals surface area contributed by atoms with Crippen molar-refractivity contribution in [3.05, 3.63) is 63.4 Å². The predicted molar refractivity (Wildman–Crippen MR) is 130 cm³/mol. The Kier molecular flexibility index (Phi) is 5.51. The van der Waals surface area contributed by atoms with Crippen LogP contribution in [0.3, 0.4) is 0 Å². The smallest absolute Gasteiger partial charge is 0.323 e. The van der Waals surface area contributed by atoms with E-state index in [0.717, 1.165) is 12.8 Å².